The molecule has 108 valence electrons. The molecule has 0 bridgehead atoms. The van der Waals surface area contributed by atoms with E-state index in [1.807, 2.05) is 27.7 Å². The van der Waals surface area contributed by atoms with Gasteiger partial charge in [0.1, 0.15) is 0 Å². The predicted molar refractivity (Wildman–Crippen MR) is 70.4 cm³/mol. The van der Waals surface area contributed by atoms with Gasteiger partial charge < -0.3 is 19.9 Å². The highest BCUT2D eigenvalue weighted by molar-refractivity contribution is 5.77. The number of ether oxygens (including phenoxy) is 2. The first kappa shape index (κ1) is 17.4. The minimum Gasteiger partial charge on any atom is -0.394 e. The maximum Gasteiger partial charge on any atom is 0.220 e. The third-order valence-corrected chi connectivity index (χ3v) is 2.28. The Labute approximate surface area is 110 Å². The molecule has 1 aliphatic rings. The summed E-state index contributed by atoms with van der Waals surface area (Å²) in [4.78, 5) is 10.1. The predicted octanol–water partition coefficient (Wildman–Crippen LogP) is 1.09. The van der Waals surface area contributed by atoms with Crippen molar-refractivity contribution in [3.05, 3.63) is 0 Å². The van der Waals surface area contributed by atoms with E-state index in [4.69, 9.17) is 14.6 Å². The fourth-order valence-corrected chi connectivity index (χ4v) is 1.42. The molecule has 1 aliphatic heterocycles. The Balaban J connectivity index is 0.000000397. The van der Waals surface area contributed by atoms with Crippen LogP contribution in [-0.2, 0) is 14.3 Å². The van der Waals surface area contributed by atoms with E-state index in [0.717, 1.165) is 19.4 Å². The van der Waals surface area contributed by atoms with Crippen molar-refractivity contribution in [2.75, 3.05) is 19.8 Å². The minimum absolute atomic E-state index is 0.0639. The molecule has 5 heteroatoms. The molecule has 0 aromatic heterocycles. The number of carbonyl (C=O) groups excluding carboxylic acids is 1. The molecule has 0 aromatic carbocycles. The Hall–Kier alpha value is -0.650. The van der Waals surface area contributed by atoms with Crippen molar-refractivity contribution in [1.82, 2.24) is 5.32 Å². The first-order valence-electron chi connectivity index (χ1n) is 6.60. The van der Waals surface area contributed by atoms with E-state index in [1.54, 1.807) is 0 Å². The second kappa shape index (κ2) is 10.3. The zero-order valence-electron chi connectivity index (χ0n) is 11.9. The molecular weight excluding hydrogens is 234 g/mol. The summed E-state index contributed by atoms with van der Waals surface area (Å²) >= 11 is 0. The number of amides is 1. The van der Waals surface area contributed by atoms with E-state index in [0.29, 0.717) is 6.61 Å². The van der Waals surface area contributed by atoms with Crippen LogP contribution in [-0.4, -0.2) is 49.1 Å². The molecule has 2 N–H and O–H groups in total. The number of hydrogen-bond donors (Lipinski definition) is 2. The standard InChI is InChI=1S/C9H20O3.C4H7NO/c1-7(2)12-9(4)6-11-8(3)5-10;6-4-2-1-3-5-4/h7-10H,5-6H2,1-4H3;1-3H2,(H,5,6). The maximum absolute atomic E-state index is 10.1. The van der Waals surface area contributed by atoms with Gasteiger partial charge in [-0.2, -0.15) is 0 Å². The monoisotopic (exact) mass is 261 g/mol. The van der Waals surface area contributed by atoms with Crippen LogP contribution in [0.15, 0.2) is 0 Å². The number of nitrogens with one attached hydrogen (secondary N) is 1. The summed E-state index contributed by atoms with van der Waals surface area (Å²) in [6.45, 7) is 9.28. The van der Waals surface area contributed by atoms with Gasteiger partial charge in [-0.3, -0.25) is 4.79 Å². The number of aliphatic hydroxyl groups excluding tert-OH is 1. The van der Waals surface area contributed by atoms with Crippen LogP contribution >= 0.6 is 0 Å². The summed E-state index contributed by atoms with van der Waals surface area (Å²) in [5, 5.41) is 11.3. The second-order valence-electron chi connectivity index (χ2n) is 4.78. The molecule has 0 spiro atoms. The molecule has 1 rings (SSSR count). The fourth-order valence-electron chi connectivity index (χ4n) is 1.42. The lowest BCUT2D eigenvalue weighted by Crippen LogP contribution is -2.24. The van der Waals surface area contributed by atoms with E-state index in [-0.39, 0.29) is 30.8 Å². The second-order valence-corrected chi connectivity index (χ2v) is 4.78. The first-order valence-corrected chi connectivity index (χ1v) is 6.60. The Morgan fingerprint density at radius 2 is 1.94 bits per heavy atom. The topological polar surface area (TPSA) is 67.8 Å². The Kier molecular flexibility index (Phi) is 9.92. The average Bonchev–Trinajstić information content (AvgIpc) is 2.77. The lowest BCUT2D eigenvalue weighted by molar-refractivity contribution is -0.119. The number of aliphatic hydroxyl groups is 1. The molecule has 0 aliphatic carbocycles. The van der Waals surface area contributed by atoms with Crippen molar-refractivity contribution >= 4 is 5.91 Å². The van der Waals surface area contributed by atoms with Crippen LogP contribution in [0.4, 0.5) is 0 Å². The molecular formula is C13H27NO4. The Bertz CT molecular complexity index is 213. The van der Waals surface area contributed by atoms with Crippen LogP contribution in [0.2, 0.25) is 0 Å². The minimum atomic E-state index is -0.0942. The van der Waals surface area contributed by atoms with Gasteiger partial charge >= 0.3 is 0 Å². The van der Waals surface area contributed by atoms with Crippen LogP contribution in [0.5, 0.6) is 0 Å². The summed E-state index contributed by atoms with van der Waals surface area (Å²) < 4.78 is 10.7. The third kappa shape index (κ3) is 10.5. The summed E-state index contributed by atoms with van der Waals surface area (Å²) in [7, 11) is 0. The largest absolute Gasteiger partial charge is 0.394 e. The van der Waals surface area contributed by atoms with Crippen LogP contribution in [0.25, 0.3) is 0 Å². The summed E-state index contributed by atoms with van der Waals surface area (Å²) in [5.41, 5.74) is 0. The average molecular weight is 261 g/mol. The molecule has 2 unspecified atom stereocenters. The van der Waals surface area contributed by atoms with Crippen LogP contribution in [0, 0.1) is 0 Å². The highest BCUT2D eigenvalue weighted by Crippen LogP contribution is 1.99. The zero-order chi connectivity index (χ0) is 14.0. The lowest BCUT2D eigenvalue weighted by atomic mass is 10.4. The van der Waals surface area contributed by atoms with Gasteiger partial charge in [0.2, 0.25) is 5.91 Å². The normalized spacial score (nSPS) is 18.0. The number of carbonyl (C=O) groups is 1. The molecule has 0 radical (unpaired) electrons. The van der Waals surface area contributed by atoms with Gasteiger partial charge in [0, 0.05) is 13.0 Å². The Morgan fingerprint density at radius 1 is 1.28 bits per heavy atom. The van der Waals surface area contributed by atoms with E-state index in [2.05, 4.69) is 5.32 Å². The molecule has 2 atom stereocenters. The van der Waals surface area contributed by atoms with E-state index in [9.17, 15) is 4.79 Å². The zero-order valence-corrected chi connectivity index (χ0v) is 11.9. The third-order valence-electron chi connectivity index (χ3n) is 2.28. The number of rotatable bonds is 6. The van der Waals surface area contributed by atoms with Gasteiger partial charge in [0.25, 0.3) is 0 Å². The van der Waals surface area contributed by atoms with Crippen molar-refractivity contribution in [3.8, 4) is 0 Å². The van der Waals surface area contributed by atoms with E-state index >= 15 is 0 Å². The van der Waals surface area contributed by atoms with E-state index < -0.39 is 0 Å². The lowest BCUT2D eigenvalue weighted by Gasteiger charge is -2.18. The van der Waals surface area contributed by atoms with Gasteiger partial charge in [-0.1, -0.05) is 0 Å². The fraction of sp³-hybridized carbons (Fsp3) is 0.923. The summed E-state index contributed by atoms with van der Waals surface area (Å²) in [6.07, 6.45) is 1.99. The first-order chi connectivity index (χ1) is 8.45. The Morgan fingerprint density at radius 3 is 2.28 bits per heavy atom. The molecule has 1 heterocycles. The molecule has 0 aromatic rings. The van der Waals surface area contributed by atoms with Gasteiger partial charge in [-0.15, -0.1) is 0 Å². The number of hydrogen-bond acceptors (Lipinski definition) is 4. The van der Waals surface area contributed by atoms with Crippen molar-refractivity contribution in [1.29, 1.82) is 0 Å². The van der Waals surface area contributed by atoms with Gasteiger partial charge in [-0.25, -0.2) is 0 Å². The molecule has 1 saturated heterocycles. The van der Waals surface area contributed by atoms with E-state index in [1.165, 1.54) is 0 Å². The van der Waals surface area contributed by atoms with Gasteiger partial charge in [0.15, 0.2) is 0 Å². The quantitative estimate of drug-likeness (QED) is 0.751. The summed E-state index contributed by atoms with van der Waals surface area (Å²) in [5.74, 6) is 0.204. The van der Waals surface area contributed by atoms with Crippen molar-refractivity contribution in [2.45, 2.75) is 58.8 Å². The van der Waals surface area contributed by atoms with Gasteiger partial charge in [-0.05, 0) is 34.1 Å². The van der Waals surface area contributed by atoms with Crippen molar-refractivity contribution < 1.29 is 19.4 Å². The highest BCUT2D eigenvalue weighted by atomic mass is 16.5. The van der Waals surface area contributed by atoms with Crippen LogP contribution in [0.3, 0.4) is 0 Å². The SMILES string of the molecule is CC(C)OC(C)COC(C)CO.O=C1CCCN1. The summed E-state index contributed by atoms with van der Waals surface area (Å²) in [6, 6.07) is 0. The van der Waals surface area contributed by atoms with Crippen LogP contribution in [0.1, 0.15) is 40.5 Å². The maximum atomic E-state index is 10.1. The molecule has 5 nitrogen and oxygen atoms in total. The smallest absolute Gasteiger partial charge is 0.220 e. The highest BCUT2D eigenvalue weighted by Gasteiger charge is 2.07. The molecule has 0 saturated carbocycles. The molecule has 1 amide bonds. The van der Waals surface area contributed by atoms with Crippen molar-refractivity contribution in [2.24, 2.45) is 0 Å². The van der Waals surface area contributed by atoms with Crippen LogP contribution < -0.4 is 5.32 Å². The molecule has 18 heavy (non-hydrogen) atoms. The van der Waals surface area contributed by atoms with Crippen molar-refractivity contribution in [3.63, 3.8) is 0 Å². The molecule has 1 fully saturated rings. The van der Waals surface area contributed by atoms with Gasteiger partial charge in [0.05, 0.1) is 31.5 Å².